The van der Waals surface area contributed by atoms with Crippen LogP contribution in [0, 0.1) is 21.4 Å². The van der Waals surface area contributed by atoms with Gasteiger partial charge in [-0.15, -0.1) is 0 Å². The van der Waals surface area contributed by atoms with Crippen LogP contribution < -0.4 is 15.4 Å². The Balaban J connectivity index is 2.24. The summed E-state index contributed by atoms with van der Waals surface area (Å²) in [5, 5.41) is 21.1. The van der Waals surface area contributed by atoms with Gasteiger partial charge in [0, 0.05) is 18.3 Å². The van der Waals surface area contributed by atoms with Crippen LogP contribution >= 0.6 is 0 Å². The van der Waals surface area contributed by atoms with Crippen molar-refractivity contribution in [3.05, 3.63) is 87.4 Å². The van der Waals surface area contributed by atoms with E-state index < -0.39 is 16.8 Å². The van der Waals surface area contributed by atoms with E-state index in [2.05, 4.69) is 6.07 Å². The lowest BCUT2D eigenvalue weighted by molar-refractivity contribution is -0.384. The Hall–Kier alpha value is -4.32. The van der Waals surface area contributed by atoms with Gasteiger partial charge >= 0.3 is 5.97 Å². The number of nitriles is 1. The van der Waals surface area contributed by atoms with E-state index in [1.165, 1.54) is 43.5 Å². The van der Waals surface area contributed by atoms with Crippen molar-refractivity contribution >= 4 is 17.3 Å². The van der Waals surface area contributed by atoms with Gasteiger partial charge < -0.3 is 15.2 Å². The first-order valence-electron chi connectivity index (χ1n) is 8.79. The maximum atomic E-state index is 12.6. The van der Waals surface area contributed by atoms with Crippen LogP contribution in [0.15, 0.2) is 71.7 Å². The van der Waals surface area contributed by atoms with Gasteiger partial charge in [-0.1, -0.05) is 24.3 Å². The Morgan fingerprint density at radius 2 is 1.97 bits per heavy atom. The molecule has 1 unspecified atom stereocenters. The highest BCUT2D eigenvalue weighted by Gasteiger charge is 2.36. The molecule has 1 aliphatic rings. The third-order valence-corrected chi connectivity index (χ3v) is 4.70. The molecule has 2 N–H and O–H groups in total. The average molecular weight is 406 g/mol. The lowest BCUT2D eigenvalue weighted by Gasteiger charge is -2.32. The second-order valence-electron chi connectivity index (χ2n) is 6.31. The molecule has 30 heavy (non-hydrogen) atoms. The fraction of sp³-hybridized carbons (Fsp3) is 0.143. The zero-order valence-corrected chi connectivity index (χ0v) is 16.2. The molecule has 0 amide bonds. The summed E-state index contributed by atoms with van der Waals surface area (Å²) < 4.78 is 10.3. The van der Waals surface area contributed by atoms with Crippen LogP contribution in [0.4, 0.5) is 11.4 Å². The molecule has 0 saturated carbocycles. The molecule has 0 aliphatic carbocycles. The number of nitro benzene ring substituents is 1. The SMILES string of the molecule is COC(=O)C1=CN(c2ccccc2OC)C(N)=C(C#N)C1c1cccc([N+](=O)[O-])c1. The third-order valence-electron chi connectivity index (χ3n) is 4.70. The van der Waals surface area contributed by atoms with Crippen molar-refractivity contribution in [2.24, 2.45) is 5.73 Å². The summed E-state index contributed by atoms with van der Waals surface area (Å²) in [6.07, 6.45) is 1.46. The van der Waals surface area contributed by atoms with Gasteiger partial charge in [-0.05, 0) is 17.7 Å². The average Bonchev–Trinajstić information content (AvgIpc) is 2.78. The summed E-state index contributed by atoms with van der Waals surface area (Å²) in [5.41, 5.74) is 7.21. The van der Waals surface area contributed by atoms with Crippen LogP contribution in [0.3, 0.4) is 0 Å². The zero-order chi connectivity index (χ0) is 21.8. The number of nitrogens with two attached hydrogens (primary N) is 1. The number of rotatable bonds is 5. The molecule has 0 radical (unpaired) electrons. The third kappa shape index (κ3) is 3.54. The lowest BCUT2D eigenvalue weighted by Crippen LogP contribution is -2.33. The van der Waals surface area contributed by atoms with Crippen LogP contribution in [0.2, 0.25) is 0 Å². The van der Waals surface area contributed by atoms with Crippen molar-refractivity contribution in [2.75, 3.05) is 19.1 Å². The predicted octanol–water partition coefficient (Wildman–Crippen LogP) is 2.96. The molecule has 9 heteroatoms. The molecule has 1 aliphatic heterocycles. The molecule has 3 rings (SSSR count). The molecular weight excluding hydrogens is 388 g/mol. The van der Waals surface area contributed by atoms with E-state index in [0.717, 1.165) is 0 Å². The number of non-ortho nitro benzene ring substituents is 1. The first kappa shape index (κ1) is 20.4. The first-order chi connectivity index (χ1) is 14.4. The highest BCUT2D eigenvalue weighted by Crippen LogP contribution is 2.42. The summed E-state index contributed by atoms with van der Waals surface area (Å²) in [4.78, 5) is 24.7. The molecule has 1 heterocycles. The van der Waals surface area contributed by atoms with Gasteiger partial charge in [0.05, 0.1) is 48.0 Å². The molecule has 1 atom stereocenters. The Labute approximate surface area is 172 Å². The second kappa shape index (κ2) is 8.36. The first-order valence-corrected chi connectivity index (χ1v) is 8.79. The summed E-state index contributed by atoms with van der Waals surface area (Å²) >= 11 is 0. The van der Waals surface area contributed by atoms with Crippen LogP contribution in [0.5, 0.6) is 5.75 Å². The number of hydrogen-bond donors (Lipinski definition) is 1. The summed E-state index contributed by atoms with van der Waals surface area (Å²) in [5.74, 6) is -1.06. The standard InChI is InChI=1S/C21H18N4O5/c1-29-18-9-4-3-8-17(18)24-12-16(21(26)30-2)19(15(11-22)20(24)23)13-6-5-7-14(10-13)25(27)28/h3-10,12,19H,23H2,1-2H3. The van der Waals surface area contributed by atoms with E-state index in [4.69, 9.17) is 15.2 Å². The second-order valence-corrected chi connectivity index (χ2v) is 6.31. The number of nitrogens with zero attached hydrogens (tertiary/aromatic N) is 3. The Bertz CT molecular complexity index is 1120. The molecule has 152 valence electrons. The van der Waals surface area contributed by atoms with E-state index in [1.54, 1.807) is 30.3 Å². The predicted molar refractivity (Wildman–Crippen MR) is 108 cm³/mol. The maximum Gasteiger partial charge on any atom is 0.336 e. The molecule has 2 aromatic carbocycles. The van der Waals surface area contributed by atoms with Gasteiger partial charge in [-0.3, -0.25) is 15.0 Å². The van der Waals surface area contributed by atoms with E-state index >= 15 is 0 Å². The number of allylic oxidation sites excluding steroid dienone is 1. The Morgan fingerprint density at radius 1 is 1.23 bits per heavy atom. The lowest BCUT2D eigenvalue weighted by atomic mass is 9.83. The number of esters is 1. The molecule has 0 bridgehead atoms. The molecule has 0 saturated heterocycles. The Morgan fingerprint density at radius 3 is 2.60 bits per heavy atom. The van der Waals surface area contributed by atoms with Gasteiger partial charge in [-0.25, -0.2) is 4.79 Å². The minimum atomic E-state index is -0.923. The zero-order valence-electron chi connectivity index (χ0n) is 16.2. The van der Waals surface area contributed by atoms with Crippen LogP contribution in [0.25, 0.3) is 0 Å². The topological polar surface area (TPSA) is 132 Å². The highest BCUT2D eigenvalue weighted by atomic mass is 16.6. The minimum Gasteiger partial charge on any atom is -0.495 e. The van der Waals surface area contributed by atoms with E-state index in [9.17, 15) is 20.2 Å². The summed E-state index contributed by atoms with van der Waals surface area (Å²) in [6.45, 7) is 0. The van der Waals surface area contributed by atoms with Crippen LogP contribution in [-0.4, -0.2) is 25.1 Å². The largest absolute Gasteiger partial charge is 0.495 e. The number of hydrogen-bond acceptors (Lipinski definition) is 8. The Kier molecular flexibility index (Phi) is 5.69. The van der Waals surface area contributed by atoms with Gasteiger partial charge in [0.2, 0.25) is 0 Å². The van der Waals surface area contributed by atoms with Crippen molar-refractivity contribution in [1.29, 1.82) is 5.26 Å². The number of carbonyl (C=O) groups is 1. The van der Waals surface area contributed by atoms with Gasteiger partial charge in [0.25, 0.3) is 5.69 Å². The number of benzene rings is 2. The van der Waals surface area contributed by atoms with Gasteiger partial charge in [-0.2, -0.15) is 5.26 Å². The highest BCUT2D eigenvalue weighted by molar-refractivity contribution is 5.93. The molecular formula is C21H18N4O5. The number of ether oxygens (including phenoxy) is 2. The number of methoxy groups -OCH3 is 2. The fourth-order valence-electron chi connectivity index (χ4n) is 3.32. The fourth-order valence-corrected chi connectivity index (χ4v) is 3.32. The number of para-hydroxylation sites is 2. The molecule has 0 spiro atoms. The van der Waals surface area contributed by atoms with Crippen LogP contribution in [0.1, 0.15) is 11.5 Å². The molecule has 9 nitrogen and oxygen atoms in total. The van der Waals surface area contributed by atoms with E-state index in [1.807, 2.05) is 0 Å². The van der Waals surface area contributed by atoms with E-state index in [0.29, 0.717) is 17.0 Å². The smallest absolute Gasteiger partial charge is 0.336 e. The van der Waals surface area contributed by atoms with Crippen molar-refractivity contribution in [3.8, 4) is 11.8 Å². The molecule has 0 aromatic heterocycles. The van der Waals surface area contributed by atoms with Gasteiger partial charge in [0.1, 0.15) is 11.6 Å². The number of anilines is 1. The monoisotopic (exact) mass is 406 g/mol. The van der Waals surface area contributed by atoms with Crippen molar-refractivity contribution in [2.45, 2.75) is 5.92 Å². The minimum absolute atomic E-state index is 0.0595. The maximum absolute atomic E-state index is 12.6. The number of nitro groups is 1. The van der Waals surface area contributed by atoms with Crippen molar-refractivity contribution in [3.63, 3.8) is 0 Å². The normalized spacial score (nSPS) is 15.8. The quantitative estimate of drug-likeness (QED) is 0.455. The number of carbonyl (C=O) groups excluding carboxylic acids is 1. The summed E-state index contributed by atoms with van der Waals surface area (Å²) in [7, 11) is 2.71. The van der Waals surface area contributed by atoms with Crippen molar-refractivity contribution in [1.82, 2.24) is 0 Å². The summed E-state index contributed by atoms with van der Waals surface area (Å²) in [6, 6.07) is 14.7. The van der Waals surface area contributed by atoms with E-state index in [-0.39, 0.29) is 22.7 Å². The van der Waals surface area contributed by atoms with Crippen molar-refractivity contribution < 1.29 is 19.2 Å². The molecule has 0 fully saturated rings. The molecule has 2 aromatic rings. The van der Waals surface area contributed by atoms with Crippen LogP contribution in [-0.2, 0) is 9.53 Å². The van der Waals surface area contributed by atoms with Gasteiger partial charge in [0.15, 0.2) is 0 Å².